The summed E-state index contributed by atoms with van der Waals surface area (Å²) in [5, 5.41) is 9.81. The summed E-state index contributed by atoms with van der Waals surface area (Å²) in [6.07, 6.45) is 0.789. The van der Waals surface area contributed by atoms with Crippen molar-refractivity contribution in [1.82, 2.24) is 25.2 Å². The Labute approximate surface area is 158 Å². The molecular weight excluding hydrogens is 379 g/mol. The number of benzene rings is 1. The predicted octanol–water partition coefficient (Wildman–Crippen LogP) is 1.09. The van der Waals surface area contributed by atoms with E-state index in [2.05, 4.69) is 15.6 Å². The first-order valence-corrected chi connectivity index (χ1v) is 8.45. The average molecular weight is 397 g/mol. The Balaban J connectivity index is 1.65. The molecule has 1 N–H and O–H groups in total. The highest BCUT2D eigenvalue weighted by Gasteiger charge is 2.47. The number of amides is 2. The molecular formula is C17H18F3N5O3. The molecule has 1 atom stereocenters. The van der Waals surface area contributed by atoms with E-state index in [4.69, 9.17) is 4.74 Å². The smallest absolute Gasteiger partial charge is 0.273 e. The fraction of sp³-hybridized carbons (Fsp3) is 0.412. The number of hydrogen-bond acceptors (Lipinski definition) is 5. The van der Waals surface area contributed by atoms with Crippen LogP contribution in [0.3, 0.4) is 0 Å². The minimum absolute atomic E-state index is 0.0398. The van der Waals surface area contributed by atoms with Crippen molar-refractivity contribution >= 4 is 11.8 Å². The SMILES string of the molecule is CNC(=O)c1cn(C[C@@H]2CC(F)(F)CN2C(=O)COc2ccc(F)cc2)nn1. The van der Waals surface area contributed by atoms with Crippen LogP contribution in [0.2, 0.25) is 0 Å². The molecule has 0 bridgehead atoms. The summed E-state index contributed by atoms with van der Waals surface area (Å²) >= 11 is 0. The summed E-state index contributed by atoms with van der Waals surface area (Å²) in [5.41, 5.74) is 0.0461. The Morgan fingerprint density at radius 2 is 2.04 bits per heavy atom. The fourth-order valence-electron chi connectivity index (χ4n) is 2.95. The highest BCUT2D eigenvalue weighted by atomic mass is 19.3. The van der Waals surface area contributed by atoms with Crippen LogP contribution in [0.4, 0.5) is 13.2 Å². The van der Waals surface area contributed by atoms with Gasteiger partial charge in [-0.3, -0.25) is 9.59 Å². The highest BCUT2D eigenvalue weighted by Crippen LogP contribution is 2.33. The molecule has 2 amide bonds. The van der Waals surface area contributed by atoms with Gasteiger partial charge in [-0.2, -0.15) is 0 Å². The van der Waals surface area contributed by atoms with Gasteiger partial charge in [0.1, 0.15) is 11.6 Å². The number of carbonyl (C=O) groups is 2. The Kier molecular flexibility index (Phi) is 5.52. The molecule has 11 heteroatoms. The zero-order chi connectivity index (χ0) is 20.3. The van der Waals surface area contributed by atoms with E-state index in [1.807, 2.05) is 0 Å². The lowest BCUT2D eigenvalue weighted by atomic mass is 10.2. The second-order valence-corrected chi connectivity index (χ2v) is 6.38. The van der Waals surface area contributed by atoms with Gasteiger partial charge in [0.15, 0.2) is 12.3 Å². The number of carbonyl (C=O) groups excluding carboxylic acids is 2. The van der Waals surface area contributed by atoms with Gasteiger partial charge in [-0.1, -0.05) is 5.21 Å². The molecule has 2 aromatic rings. The van der Waals surface area contributed by atoms with Crippen LogP contribution < -0.4 is 10.1 Å². The van der Waals surface area contributed by atoms with Crippen molar-refractivity contribution in [1.29, 1.82) is 0 Å². The number of halogens is 3. The van der Waals surface area contributed by atoms with Crippen LogP contribution in [0.1, 0.15) is 16.9 Å². The molecule has 150 valence electrons. The largest absolute Gasteiger partial charge is 0.484 e. The Morgan fingerprint density at radius 3 is 2.71 bits per heavy atom. The fourth-order valence-corrected chi connectivity index (χ4v) is 2.95. The van der Waals surface area contributed by atoms with Crippen molar-refractivity contribution in [2.75, 3.05) is 20.2 Å². The van der Waals surface area contributed by atoms with Crippen LogP contribution in [0.5, 0.6) is 5.75 Å². The number of rotatable bonds is 6. The van der Waals surface area contributed by atoms with Crippen molar-refractivity contribution in [2.24, 2.45) is 0 Å². The number of aromatic nitrogens is 3. The Hall–Kier alpha value is -3.11. The van der Waals surface area contributed by atoms with Gasteiger partial charge in [-0.05, 0) is 24.3 Å². The first-order valence-electron chi connectivity index (χ1n) is 8.45. The van der Waals surface area contributed by atoms with Crippen molar-refractivity contribution in [3.8, 4) is 5.75 Å². The molecule has 1 fully saturated rings. The second kappa shape index (κ2) is 7.87. The van der Waals surface area contributed by atoms with Crippen LogP contribution >= 0.6 is 0 Å². The van der Waals surface area contributed by atoms with E-state index in [1.165, 1.54) is 42.2 Å². The molecule has 0 saturated carbocycles. The summed E-state index contributed by atoms with van der Waals surface area (Å²) in [5.74, 6) is -4.33. The van der Waals surface area contributed by atoms with Gasteiger partial charge in [0.2, 0.25) is 0 Å². The Bertz CT molecular complexity index is 856. The lowest BCUT2D eigenvalue weighted by Gasteiger charge is -2.23. The van der Waals surface area contributed by atoms with E-state index in [1.54, 1.807) is 0 Å². The third kappa shape index (κ3) is 4.59. The van der Waals surface area contributed by atoms with E-state index < -0.39 is 49.2 Å². The molecule has 0 radical (unpaired) electrons. The lowest BCUT2D eigenvalue weighted by molar-refractivity contribution is -0.135. The second-order valence-electron chi connectivity index (χ2n) is 6.38. The molecule has 8 nitrogen and oxygen atoms in total. The molecule has 1 aliphatic heterocycles. The molecule has 1 aromatic carbocycles. The minimum atomic E-state index is -3.04. The van der Waals surface area contributed by atoms with Crippen molar-refractivity contribution in [3.05, 3.63) is 42.0 Å². The van der Waals surface area contributed by atoms with Gasteiger partial charge in [0.05, 0.1) is 25.3 Å². The predicted molar refractivity (Wildman–Crippen MR) is 90.4 cm³/mol. The lowest BCUT2D eigenvalue weighted by Crippen LogP contribution is -2.41. The maximum Gasteiger partial charge on any atom is 0.273 e. The van der Waals surface area contributed by atoms with E-state index >= 15 is 0 Å². The number of alkyl halides is 2. The van der Waals surface area contributed by atoms with Crippen molar-refractivity contribution < 1.29 is 27.5 Å². The van der Waals surface area contributed by atoms with Gasteiger partial charge in [-0.15, -0.1) is 5.10 Å². The number of hydrogen-bond donors (Lipinski definition) is 1. The van der Waals surface area contributed by atoms with E-state index in [0.717, 1.165) is 4.90 Å². The molecule has 1 aromatic heterocycles. The van der Waals surface area contributed by atoms with Gasteiger partial charge < -0.3 is 15.0 Å². The topological polar surface area (TPSA) is 89.4 Å². The maximum atomic E-state index is 13.9. The maximum absolute atomic E-state index is 13.9. The van der Waals surface area contributed by atoms with Gasteiger partial charge >= 0.3 is 0 Å². The van der Waals surface area contributed by atoms with Gasteiger partial charge in [-0.25, -0.2) is 17.9 Å². The molecule has 28 heavy (non-hydrogen) atoms. The van der Waals surface area contributed by atoms with E-state index in [9.17, 15) is 22.8 Å². The van der Waals surface area contributed by atoms with E-state index in [0.29, 0.717) is 0 Å². The van der Waals surface area contributed by atoms with Crippen molar-refractivity contribution in [3.63, 3.8) is 0 Å². The monoisotopic (exact) mass is 397 g/mol. The van der Waals surface area contributed by atoms with Gasteiger partial charge in [0.25, 0.3) is 17.7 Å². The van der Waals surface area contributed by atoms with Crippen molar-refractivity contribution in [2.45, 2.75) is 24.9 Å². The Morgan fingerprint density at radius 1 is 1.32 bits per heavy atom. The first kappa shape index (κ1) is 19.6. The number of nitrogens with zero attached hydrogens (tertiary/aromatic N) is 4. The highest BCUT2D eigenvalue weighted by molar-refractivity contribution is 5.91. The quantitative estimate of drug-likeness (QED) is 0.788. The van der Waals surface area contributed by atoms with Gasteiger partial charge in [0, 0.05) is 13.5 Å². The summed E-state index contributed by atoms with van der Waals surface area (Å²) in [6.45, 7) is -1.23. The molecule has 2 heterocycles. The molecule has 0 aliphatic carbocycles. The number of nitrogens with one attached hydrogen (secondary N) is 1. The summed E-state index contributed by atoms with van der Waals surface area (Å²) in [4.78, 5) is 25.0. The zero-order valence-electron chi connectivity index (χ0n) is 14.9. The van der Waals surface area contributed by atoms with Crippen LogP contribution in [-0.4, -0.2) is 63.9 Å². The van der Waals surface area contributed by atoms with E-state index in [-0.39, 0.29) is 18.0 Å². The summed E-state index contributed by atoms with van der Waals surface area (Å²) in [7, 11) is 1.43. The molecule has 1 saturated heterocycles. The van der Waals surface area contributed by atoms with Crippen LogP contribution in [0.25, 0.3) is 0 Å². The normalized spacial score (nSPS) is 18.1. The minimum Gasteiger partial charge on any atom is -0.484 e. The molecule has 1 aliphatic rings. The third-order valence-corrected chi connectivity index (χ3v) is 4.27. The molecule has 0 spiro atoms. The zero-order valence-corrected chi connectivity index (χ0v) is 14.9. The standard InChI is InChI=1S/C17H18F3N5O3/c1-21-16(27)14-8-24(23-22-14)7-12-6-17(19,20)10-25(12)15(26)9-28-13-4-2-11(18)3-5-13/h2-5,8,12H,6-7,9-10H2,1H3,(H,21,27)/t12-/m0/s1. The third-order valence-electron chi connectivity index (χ3n) is 4.27. The molecule has 3 rings (SSSR count). The van der Waals surface area contributed by atoms with Crippen LogP contribution in [-0.2, 0) is 11.3 Å². The molecule has 0 unspecified atom stereocenters. The van der Waals surface area contributed by atoms with Crippen LogP contribution in [0.15, 0.2) is 30.5 Å². The average Bonchev–Trinajstić information content (AvgIpc) is 3.24. The summed E-state index contributed by atoms with van der Waals surface area (Å²) < 4.78 is 47.2. The first-order chi connectivity index (χ1) is 13.3. The number of likely N-dealkylation sites (tertiary alicyclic amines) is 1. The summed E-state index contributed by atoms with van der Waals surface area (Å²) in [6, 6.07) is 4.18. The van der Waals surface area contributed by atoms with Crippen LogP contribution in [0, 0.1) is 5.82 Å². The number of ether oxygens (including phenoxy) is 1.